The standard InChI is InChI=1S/C21H26O3/c1-17(13-15-19-9-5-3-6-10-19)23-21(22)24-18(2)14-16-20-11-7-4-8-12-20/h3-12,17-18H,13-16H2,1-2H3. The van der Waals surface area contributed by atoms with Crippen molar-refractivity contribution in [1.82, 2.24) is 0 Å². The lowest BCUT2D eigenvalue weighted by molar-refractivity contribution is 0.00391. The van der Waals surface area contributed by atoms with E-state index in [0.717, 1.165) is 25.7 Å². The van der Waals surface area contributed by atoms with Gasteiger partial charge in [-0.05, 0) is 50.7 Å². The minimum absolute atomic E-state index is 0.154. The zero-order valence-electron chi connectivity index (χ0n) is 14.5. The van der Waals surface area contributed by atoms with Crippen LogP contribution in [0.5, 0.6) is 0 Å². The van der Waals surface area contributed by atoms with Gasteiger partial charge < -0.3 is 9.47 Å². The SMILES string of the molecule is CC(CCc1ccccc1)OC(=O)OC(C)CCc1ccccc1. The molecule has 2 unspecified atom stereocenters. The molecule has 0 N–H and O–H groups in total. The van der Waals surface area contributed by atoms with Crippen LogP contribution in [0.2, 0.25) is 0 Å². The Balaban J connectivity index is 1.64. The van der Waals surface area contributed by atoms with Crippen LogP contribution in [0.1, 0.15) is 37.8 Å². The summed E-state index contributed by atoms with van der Waals surface area (Å²) in [5.74, 6) is 0. The van der Waals surface area contributed by atoms with Crippen molar-refractivity contribution in [1.29, 1.82) is 0 Å². The Bertz CT molecular complexity index is 541. The van der Waals surface area contributed by atoms with Crippen LogP contribution in [0, 0.1) is 0 Å². The number of benzene rings is 2. The third-order valence-corrected chi connectivity index (χ3v) is 3.96. The zero-order chi connectivity index (χ0) is 17.2. The van der Waals surface area contributed by atoms with E-state index in [0.29, 0.717) is 0 Å². The van der Waals surface area contributed by atoms with Crippen LogP contribution in [-0.4, -0.2) is 18.4 Å². The molecule has 0 aliphatic rings. The molecule has 2 rings (SSSR count). The summed E-state index contributed by atoms with van der Waals surface area (Å²) in [6, 6.07) is 20.4. The number of ether oxygens (including phenoxy) is 2. The second kappa shape index (κ2) is 9.76. The number of carbonyl (C=O) groups excluding carboxylic acids is 1. The van der Waals surface area contributed by atoms with Crippen molar-refractivity contribution >= 4 is 6.16 Å². The van der Waals surface area contributed by atoms with E-state index in [2.05, 4.69) is 24.3 Å². The first-order chi connectivity index (χ1) is 11.6. The van der Waals surface area contributed by atoms with E-state index in [1.807, 2.05) is 50.2 Å². The van der Waals surface area contributed by atoms with Crippen LogP contribution >= 0.6 is 0 Å². The molecule has 3 nitrogen and oxygen atoms in total. The van der Waals surface area contributed by atoms with Gasteiger partial charge in [0.05, 0.1) is 0 Å². The molecule has 2 aromatic rings. The second-order valence-electron chi connectivity index (χ2n) is 6.16. The maximum atomic E-state index is 11.8. The smallest absolute Gasteiger partial charge is 0.431 e. The first kappa shape index (κ1) is 18.1. The molecule has 0 aliphatic heterocycles. The Morgan fingerprint density at radius 1 is 0.750 bits per heavy atom. The van der Waals surface area contributed by atoms with Gasteiger partial charge in [0, 0.05) is 0 Å². The van der Waals surface area contributed by atoms with Gasteiger partial charge in [0.15, 0.2) is 0 Å². The van der Waals surface area contributed by atoms with Crippen molar-refractivity contribution in [3.8, 4) is 0 Å². The summed E-state index contributed by atoms with van der Waals surface area (Å²) in [5.41, 5.74) is 2.50. The highest BCUT2D eigenvalue weighted by molar-refractivity contribution is 5.60. The quantitative estimate of drug-likeness (QED) is 0.627. The maximum Gasteiger partial charge on any atom is 0.508 e. The highest BCUT2D eigenvalue weighted by Gasteiger charge is 2.14. The zero-order valence-corrected chi connectivity index (χ0v) is 14.5. The van der Waals surface area contributed by atoms with Crippen molar-refractivity contribution in [2.45, 2.75) is 51.7 Å². The van der Waals surface area contributed by atoms with Gasteiger partial charge in [-0.15, -0.1) is 0 Å². The summed E-state index contributed by atoms with van der Waals surface area (Å²) in [7, 11) is 0. The van der Waals surface area contributed by atoms with Gasteiger partial charge in [-0.2, -0.15) is 0 Å². The summed E-state index contributed by atoms with van der Waals surface area (Å²) in [6.07, 6.45) is 2.47. The third-order valence-electron chi connectivity index (χ3n) is 3.96. The summed E-state index contributed by atoms with van der Waals surface area (Å²) in [5, 5.41) is 0. The van der Waals surface area contributed by atoms with Crippen molar-refractivity contribution in [2.75, 3.05) is 0 Å². The fourth-order valence-electron chi connectivity index (χ4n) is 2.50. The molecule has 0 bridgehead atoms. The summed E-state index contributed by atoms with van der Waals surface area (Å²) in [6.45, 7) is 3.80. The molecule has 0 amide bonds. The number of hydrogen-bond donors (Lipinski definition) is 0. The first-order valence-electron chi connectivity index (χ1n) is 8.58. The highest BCUT2D eigenvalue weighted by atomic mass is 16.7. The summed E-state index contributed by atoms with van der Waals surface area (Å²) >= 11 is 0. The van der Waals surface area contributed by atoms with Crippen molar-refractivity contribution in [3.05, 3.63) is 71.8 Å². The Kier molecular flexibility index (Phi) is 7.34. The number of hydrogen-bond acceptors (Lipinski definition) is 3. The van der Waals surface area contributed by atoms with E-state index in [1.54, 1.807) is 0 Å². The molecule has 0 saturated heterocycles. The van der Waals surface area contributed by atoms with E-state index in [-0.39, 0.29) is 12.2 Å². The number of aryl methyl sites for hydroxylation is 2. The Labute approximate surface area is 144 Å². The molecule has 0 fully saturated rings. The minimum Gasteiger partial charge on any atom is -0.431 e. The predicted molar refractivity (Wildman–Crippen MR) is 96.0 cm³/mol. The van der Waals surface area contributed by atoms with Crippen LogP contribution in [0.25, 0.3) is 0 Å². The van der Waals surface area contributed by atoms with Gasteiger partial charge in [-0.25, -0.2) is 4.79 Å². The first-order valence-corrected chi connectivity index (χ1v) is 8.58. The molecular formula is C21H26O3. The molecule has 0 radical (unpaired) electrons. The molecule has 3 heteroatoms. The number of rotatable bonds is 8. The molecule has 128 valence electrons. The van der Waals surface area contributed by atoms with Crippen LogP contribution in [0.4, 0.5) is 4.79 Å². The van der Waals surface area contributed by atoms with E-state index >= 15 is 0 Å². The summed E-state index contributed by atoms with van der Waals surface area (Å²) < 4.78 is 10.7. The van der Waals surface area contributed by atoms with E-state index < -0.39 is 6.16 Å². The minimum atomic E-state index is -0.573. The van der Waals surface area contributed by atoms with Gasteiger partial charge in [-0.1, -0.05) is 60.7 Å². The molecule has 2 atom stereocenters. The average molecular weight is 326 g/mol. The van der Waals surface area contributed by atoms with Crippen LogP contribution in [0.15, 0.2) is 60.7 Å². The highest BCUT2D eigenvalue weighted by Crippen LogP contribution is 2.11. The van der Waals surface area contributed by atoms with Gasteiger partial charge in [0.25, 0.3) is 0 Å². The van der Waals surface area contributed by atoms with Crippen LogP contribution in [-0.2, 0) is 22.3 Å². The lowest BCUT2D eigenvalue weighted by Gasteiger charge is -2.16. The topological polar surface area (TPSA) is 35.5 Å². The Morgan fingerprint density at radius 3 is 1.50 bits per heavy atom. The maximum absolute atomic E-state index is 11.8. The van der Waals surface area contributed by atoms with Crippen molar-refractivity contribution in [2.24, 2.45) is 0 Å². The summed E-state index contributed by atoms with van der Waals surface area (Å²) in [4.78, 5) is 11.8. The fourth-order valence-corrected chi connectivity index (χ4v) is 2.50. The van der Waals surface area contributed by atoms with Gasteiger partial charge in [0.1, 0.15) is 12.2 Å². The molecule has 24 heavy (non-hydrogen) atoms. The average Bonchev–Trinajstić information content (AvgIpc) is 2.60. The van der Waals surface area contributed by atoms with Crippen molar-refractivity contribution < 1.29 is 14.3 Å². The number of carbonyl (C=O) groups is 1. The normalized spacial score (nSPS) is 13.1. The van der Waals surface area contributed by atoms with Crippen LogP contribution in [0.3, 0.4) is 0 Å². The molecule has 0 aromatic heterocycles. The molecule has 0 spiro atoms. The molecule has 0 saturated carbocycles. The van der Waals surface area contributed by atoms with Crippen LogP contribution < -0.4 is 0 Å². The predicted octanol–water partition coefficient (Wildman–Crippen LogP) is 5.18. The van der Waals surface area contributed by atoms with Gasteiger partial charge in [-0.3, -0.25) is 0 Å². The van der Waals surface area contributed by atoms with Crippen molar-refractivity contribution in [3.63, 3.8) is 0 Å². The molecular weight excluding hydrogens is 300 g/mol. The Morgan fingerprint density at radius 2 is 1.12 bits per heavy atom. The monoisotopic (exact) mass is 326 g/mol. The second-order valence-corrected chi connectivity index (χ2v) is 6.16. The third kappa shape index (κ3) is 6.86. The van der Waals surface area contributed by atoms with Gasteiger partial charge in [0.2, 0.25) is 0 Å². The lowest BCUT2D eigenvalue weighted by Crippen LogP contribution is -2.21. The Hall–Kier alpha value is -2.29. The largest absolute Gasteiger partial charge is 0.508 e. The molecule has 0 heterocycles. The lowest BCUT2D eigenvalue weighted by atomic mass is 10.1. The van der Waals surface area contributed by atoms with E-state index in [9.17, 15) is 4.79 Å². The van der Waals surface area contributed by atoms with E-state index in [1.165, 1.54) is 11.1 Å². The van der Waals surface area contributed by atoms with Gasteiger partial charge >= 0.3 is 6.16 Å². The molecule has 2 aromatic carbocycles. The fraction of sp³-hybridized carbons (Fsp3) is 0.381. The molecule has 0 aliphatic carbocycles. The van der Waals surface area contributed by atoms with E-state index in [4.69, 9.17) is 9.47 Å².